The summed E-state index contributed by atoms with van der Waals surface area (Å²) in [5, 5.41) is 0.993. The van der Waals surface area contributed by atoms with Crippen molar-refractivity contribution in [3.8, 4) is 5.75 Å². The lowest BCUT2D eigenvalue weighted by Crippen LogP contribution is -2.11. The Morgan fingerprint density at radius 3 is 2.57 bits per heavy atom. The molecule has 144 valence electrons. The molecule has 1 aromatic heterocycles. The van der Waals surface area contributed by atoms with Gasteiger partial charge >= 0.3 is 11.6 Å². The topological polar surface area (TPSA) is 65.7 Å². The van der Waals surface area contributed by atoms with E-state index in [1.54, 1.807) is 18.2 Å². The number of fused-ring (bicyclic) bond motifs is 3. The average Bonchev–Trinajstić information content (AvgIpc) is 3.17. The summed E-state index contributed by atoms with van der Waals surface area (Å²) in [6.45, 7) is 3.99. The summed E-state index contributed by atoms with van der Waals surface area (Å²) in [5.41, 5.74) is 3.70. The molecule has 0 spiro atoms. The van der Waals surface area contributed by atoms with Crippen molar-refractivity contribution in [2.24, 2.45) is 0 Å². The van der Waals surface area contributed by atoms with Crippen LogP contribution in [0.1, 0.15) is 47.3 Å². The molecule has 0 saturated carbocycles. The van der Waals surface area contributed by atoms with Crippen LogP contribution >= 0.6 is 0 Å². The highest BCUT2D eigenvalue weighted by atomic mass is 16.5. The molecule has 1 aliphatic rings. The SMILES string of the molecule is CC(C)OC(=O)c1ccc(COc2ccc3c4c(c(=O)oc3c2)CCC4)cc1. The van der Waals surface area contributed by atoms with Crippen molar-refractivity contribution in [1.82, 2.24) is 0 Å². The molecule has 0 bridgehead atoms. The maximum atomic E-state index is 12.1. The summed E-state index contributed by atoms with van der Waals surface area (Å²) >= 11 is 0. The molecule has 0 radical (unpaired) electrons. The summed E-state index contributed by atoms with van der Waals surface area (Å²) in [5.74, 6) is 0.302. The Morgan fingerprint density at radius 1 is 1.07 bits per heavy atom. The molecule has 28 heavy (non-hydrogen) atoms. The van der Waals surface area contributed by atoms with E-state index in [0.29, 0.717) is 23.5 Å². The molecular weight excluding hydrogens is 356 g/mol. The molecular formula is C23H22O5. The van der Waals surface area contributed by atoms with Gasteiger partial charge in [0, 0.05) is 17.0 Å². The highest BCUT2D eigenvalue weighted by Gasteiger charge is 2.19. The molecule has 0 atom stereocenters. The molecule has 1 heterocycles. The Labute approximate surface area is 162 Å². The Balaban J connectivity index is 1.48. The second-order valence-electron chi connectivity index (χ2n) is 7.30. The molecule has 2 aromatic carbocycles. The highest BCUT2D eigenvalue weighted by molar-refractivity contribution is 5.89. The second kappa shape index (κ2) is 7.50. The number of esters is 1. The van der Waals surface area contributed by atoms with Gasteiger partial charge in [-0.2, -0.15) is 0 Å². The number of ether oxygens (including phenoxy) is 2. The minimum atomic E-state index is -0.334. The van der Waals surface area contributed by atoms with Gasteiger partial charge in [-0.15, -0.1) is 0 Å². The van der Waals surface area contributed by atoms with Crippen LogP contribution in [0.4, 0.5) is 0 Å². The lowest BCUT2D eigenvalue weighted by Gasteiger charge is -2.10. The Hall–Kier alpha value is -3.08. The van der Waals surface area contributed by atoms with Crippen molar-refractivity contribution in [1.29, 1.82) is 0 Å². The normalized spacial score (nSPS) is 13.0. The van der Waals surface area contributed by atoms with Crippen molar-refractivity contribution >= 4 is 16.9 Å². The number of benzene rings is 2. The van der Waals surface area contributed by atoms with Crippen LogP contribution < -0.4 is 10.4 Å². The van der Waals surface area contributed by atoms with Crippen LogP contribution in [0, 0.1) is 0 Å². The lowest BCUT2D eigenvalue weighted by atomic mass is 10.1. The Morgan fingerprint density at radius 2 is 1.82 bits per heavy atom. The standard InChI is InChI=1S/C23H22O5/c1-14(2)27-22(24)16-8-6-15(7-9-16)13-26-17-10-11-19-18-4-3-5-20(18)23(25)28-21(19)12-17/h6-12,14H,3-5,13H2,1-2H3. The highest BCUT2D eigenvalue weighted by Crippen LogP contribution is 2.29. The number of aryl methyl sites for hydroxylation is 1. The van der Waals surface area contributed by atoms with Gasteiger partial charge < -0.3 is 13.9 Å². The summed E-state index contributed by atoms with van der Waals surface area (Å²) in [6.07, 6.45) is 2.57. The van der Waals surface area contributed by atoms with E-state index in [0.717, 1.165) is 41.3 Å². The van der Waals surface area contributed by atoms with Crippen LogP contribution in [0.2, 0.25) is 0 Å². The van der Waals surface area contributed by atoms with Crippen molar-refractivity contribution in [3.05, 3.63) is 75.1 Å². The third-order valence-corrected chi connectivity index (χ3v) is 4.88. The fourth-order valence-corrected chi connectivity index (χ4v) is 3.54. The second-order valence-corrected chi connectivity index (χ2v) is 7.30. The van der Waals surface area contributed by atoms with E-state index in [9.17, 15) is 9.59 Å². The van der Waals surface area contributed by atoms with Crippen molar-refractivity contribution in [3.63, 3.8) is 0 Å². The number of carbonyl (C=O) groups is 1. The molecule has 0 N–H and O–H groups in total. The van der Waals surface area contributed by atoms with Crippen LogP contribution in [0.5, 0.6) is 5.75 Å². The van der Waals surface area contributed by atoms with Gasteiger partial charge in [-0.25, -0.2) is 9.59 Å². The van der Waals surface area contributed by atoms with E-state index in [-0.39, 0.29) is 17.7 Å². The smallest absolute Gasteiger partial charge is 0.339 e. The van der Waals surface area contributed by atoms with Gasteiger partial charge in [0.1, 0.15) is 17.9 Å². The van der Waals surface area contributed by atoms with Gasteiger partial charge in [0.2, 0.25) is 0 Å². The first kappa shape index (κ1) is 18.3. The third kappa shape index (κ3) is 3.65. The first-order valence-corrected chi connectivity index (χ1v) is 9.52. The monoisotopic (exact) mass is 378 g/mol. The fraction of sp³-hybridized carbons (Fsp3) is 0.304. The van der Waals surface area contributed by atoms with E-state index in [4.69, 9.17) is 13.9 Å². The largest absolute Gasteiger partial charge is 0.489 e. The van der Waals surface area contributed by atoms with Crippen molar-refractivity contribution < 1.29 is 18.7 Å². The minimum absolute atomic E-state index is 0.148. The van der Waals surface area contributed by atoms with Gasteiger partial charge in [-0.05, 0) is 68.5 Å². The lowest BCUT2D eigenvalue weighted by molar-refractivity contribution is 0.0378. The molecule has 0 aliphatic heterocycles. The zero-order valence-corrected chi connectivity index (χ0v) is 16.0. The summed E-state index contributed by atoms with van der Waals surface area (Å²) in [4.78, 5) is 24.0. The zero-order chi connectivity index (χ0) is 19.7. The number of rotatable bonds is 5. The Kier molecular flexibility index (Phi) is 4.90. The summed E-state index contributed by atoms with van der Waals surface area (Å²) < 4.78 is 16.5. The summed E-state index contributed by atoms with van der Waals surface area (Å²) in [7, 11) is 0. The van der Waals surface area contributed by atoms with Crippen LogP contribution in [0.15, 0.2) is 51.7 Å². The summed E-state index contributed by atoms with van der Waals surface area (Å²) in [6, 6.07) is 12.8. The van der Waals surface area contributed by atoms with Gasteiger partial charge in [-0.3, -0.25) is 0 Å². The molecule has 3 aromatic rings. The molecule has 5 heteroatoms. The van der Waals surface area contributed by atoms with Gasteiger partial charge in [0.15, 0.2) is 0 Å². The average molecular weight is 378 g/mol. The van der Waals surface area contributed by atoms with Crippen molar-refractivity contribution in [2.75, 3.05) is 0 Å². The van der Waals surface area contributed by atoms with Crippen molar-refractivity contribution in [2.45, 2.75) is 45.8 Å². The molecule has 1 aliphatic carbocycles. The van der Waals surface area contributed by atoms with Crippen LogP contribution in [-0.2, 0) is 24.2 Å². The molecule has 0 unspecified atom stereocenters. The van der Waals surface area contributed by atoms with Gasteiger partial charge in [0.05, 0.1) is 11.7 Å². The van der Waals surface area contributed by atoms with Crippen LogP contribution in [0.3, 0.4) is 0 Å². The molecule has 5 nitrogen and oxygen atoms in total. The third-order valence-electron chi connectivity index (χ3n) is 4.88. The zero-order valence-electron chi connectivity index (χ0n) is 16.0. The first-order valence-electron chi connectivity index (χ1n) is 9.52. The molecule has 0 fully saturated rings. The first-order chi connectivity index (χ1) is 13.5. The number of carbonyl (C=O) groups excluding carboxylic acids is 1. The number of hydrogen-bond donors (Lipinski definition) is 0. The maximum Gasteiger partial charge on any atom is 0.339 e. The quantitative estimate of drug-likeness (QED) is 0.485. The fourth-order valence-electron chi connectivity index (χ4n) is 3.54. The Bertz CT molecular complexity index is 1080. The maximum absolute atomic E-state index is 12.1. The minimum Gasteiger partial charge on any atom is -0.489 e. The van der Waals surface area contributed by atoms with Crippen LogP contribution in [-0.4, -0.2) is 12.1 Å². The molecule has 4 rings (SSSR count). The van der Waals surface area contributed by atoms with E-state index < -0.39 is 0 Å². The predicted octanol–water partition coefficient (Wildman–Crippen LogP) is 4.43. The van der Waals surface area contributed by atoms with E-state index in [1.165, 1.54) is 0 Å². The van der Waals surface area contributed by atoms with Gasteiger partial charge in [0.25, 0.3) is 0 Å². The van der Waals surface area contributed by atoms with E-state index in [1.807, 2.05) is 38.1 Å². The van der Waals surface area contributed by atoms with Gasteiger partial charge in [-0.1, -0.05) is 12.1 Å². The number of hydrogen-bond acceptors (Lipinski definition) is 5. The van der Waals surface area contributed by atoms with E-state index in [2.05, 4.69) is 0 Å². The molecule has 0 amide bonds. The van der Waals surface area contributed by atoms with E-state index >= 15 is 0 Å². The van der Waals surface area contributed by atoms with Crippen LogP contribution in [0.25, 0.3) is 11.0 Å². The predicted molar refractivity (Wildman–Crippen MR) is 106 cm³/mol. The molecule has 0 saturated heterocycles.